The van der Waals surface area contributed by atoms with Gasteiger partial charge >= 0.3 is 6.03 Å². The van der Waals surface area contributed by atoms with E-state index in [-0.39, 0.29) is 18.0 Å². The van der Waals surface area contributed by atoms with Gasteiger partial charge in [0.25, 0.3) is 0 Å². The predicted molar refractivity (Wildman–Crippen MR) is 93.2 cm³/mol. The standard InChI is InChI=1S/C16H23ClN4O2/c1-11(22)21-9-7-12(8-10-21)18-16(23)19-14-6-4-5-13(17)15(14)20(2)3/h4-6,12H,7-10H2,1-3H3,(H2,18,19,23). The van der Waals surface area contributed by atoms with Gasteiger partial charge in [-0.2, -0.15) is 0 Å². The second-order valence-electron chi connectivity index (χ2n) is 5.91. The van der Waals surface area contributed by atoms with E-state index in [2.05, 4.69) is 10.6 Å². The predicted octanol–water partition coefficient (Wildman–Crippen LogP) is 2.54. The molecule has 1 aliphatic rings. The van der Waals surface area contributed by atoms with Crippen molar-refractivity contribution in [1.29, 1.82) is 0 Å². The molecule has 2 rings (SSSR count). The molecule has 0 unspecified atom stereocenters. The van der Waals surface area contributed by atoms with E-state index in [0.29, 0.717) is 23.8 Å². The van der Waals surface area contributed by atoms with Crippen LogP contribution in [0.2, 0.25) is 5.02 Å². The van der Waals surface area contributed by atoms with Crippen molar-refractivity contribution in [3.05, 3.63) is 23.2 Å². The molecule has 2 N–H and O–H groups in total. The fourth-order valence-corrected chi connectivity index (χ4v) is 3.10. The summed E-state index contributed by atoms with van der Waals surface area (Å²) in [4.78, 5) is 27.2. The number of hydrogen-bond donors (Lipinski definition) is 2. The summed E-state index contributed by atoms with van der Waals surface area (Å²) in [7, 11) is 3.75. The van der Waals surface area contributed by atoms with Gasteiger partial charge in [-0.1, -0.05) is 17.7 Å². The zero-order valence-electron chi connectivity index (χ0n) is 13.7. The first-order chi connectivity index (χ1) is 10.9. The summed E-state index contributed by atoms with van der Waals surface area (Å²) in [6.45, 7) is 2.93. The molecule has 0 aliphatic carbocycles. The van der Waals surface area contributed by atoms with E-state index in [4.69, 9.17) is 11.6 Å². The van der Waals surface area contributed by atoms with Crippen LogP contribution in [0.4, 0.5) is 16.2 Å². The summed E-state index contributed by atoms with van der Waals surface area (Å²) < 4.78 is 0. The lowest BCUT2D eigenvalue weighted by Crippen LogP contribution is -2.47. The quantitative estimate of drug-likeness (QED) is 0.890. The lowest BCUT2D eigenvalue weighted by molar-refractivity contribution is -0.129. The van der Waals surface area contributed by atoms with E-state index >= 15 is 0 Å². The number of nitrogens with one attached hydrogen (secondary N) is 2. The number of carbonyl (C=O) groups is 2. The molecule has 6 nitrogen and oxygen atoms in total. The molecule has 1 fully saturated rings. The van der Waals surface area contributed by atoms with Gasteiger partial charge in [-0.15, -0.1) is 0 Å². The molecular formula is C16H23ClN4O2. The Hall–Kier alpha value is -1.95. The minimum absolute atomic E-state index is 0.0765. The van der Waals surface area contributed by atoms with Crippen LogP contribution in [0.25, 0.3) is 0 Å². The van der Waals surface area contributed by atoms with Crippen LogP contribution in [0.5, 0.6) is 0 Å². The maximum atomic E-state index is 12.2. The van der Waals surface area contributed by atoms with Gasteiger partial charge < -0.3 is 20.4 Å². The highest BCUT2D eigenvalue weighted by Gasteiger charge is 2.22. The normalized spacial score (nSPS) is 15.2. The Morgan fingerprint density at radius 1 is 1.26 bits per heavy atom. The Morgan fingerprint density at radius 2 is 1.91 bits per heavy atom. The van der Waals surface area contributed by atoms with Crippen molar-refractivity contribution in [2.45, 2.75) is 25.8 Å². The molecule has 7 heteroatoms. The number of anilines is 2. The Balaban J connectivity index is 1.94. The van der Waals surface area contributed by atoms with Gasteiger partial charge in [0.1, 0.15) is 0 Å². The first-order valence-electron chi connectivity index (χ1n) is 7.67. The summed E-state index contributed by atoms with van der Waals surface area (Å²) in [5.41, 5.74) is 1.44. The number of piperidine rings is 1. The van der Waals surface area contributed by atoms with Gasteiger partial charge in [0.2, 0.25) is 5.91 Å². The van der Waals surface area contributed by atoms with Crippen LogP contribution in [-0.2, 0) is 4.79 Å². The fraction of sp³-hybridized carbons (Fsp3) is 0.500. The molecule has 0 bridgehead atoms. The van der Waals surface area contributed by atoms with Crippen molar-refractivity contribution in [1.82, 2.24) is 10.2 Å². The average molecular weight is 339 g/mol. The summed E-state index contributed by atoms with van der Waals surface area (Å²) in [6.07, 6.45) is 1.53. The van der Waals surface area contributed by atoms with E-state index < -0.39 is 0 Å². The van der Waals surface area contributed by atoms with E-state index in [1.54, 1.807) is 24.0 Å². The molecule has 1 aromatic carbocycles. The van der Waals surface area contributed by atoms with Crippen LogP contribution in [-0.4, -0.2) is 50.1 Å². The lowest BCUT2D eigenvalue weighted by atomic mass is 10.1. The van der Waals surface area contributed by atoms with Crippen molar-refractivity contribution < 1.29 is 9.59 Å². The topological polar surface area (TPSA) is 64.7 Å². The van der Waals surface area contributed by atoms with E-state index in [0.717, 1.165) is 18.5 Å². The number of amides is 3. The van der Waals surface area contributed by atoms with Crippen molar-refractivity contribution in [2.24, 2.45) is 0 Å². The summed E-state index contributed by atoms with van der Waals surface area (Å²) in [5.74, 6) is 0.0856. The number of benzene rings is 1. The Morgan fingerprint density at radius 3 is 2.48 bits per heavy atom. The van der Waals surface area contributed by atoms with Crippen molar-refractivity contribution in [2.75, 3.05) is 37.4 Å². The number of halogens is 1. The van der Waals surface area contributed by atoms with Crippen LogP contribution >= 0.6 is 11.6 Å². The van der Waals surface area contributed by atoms with Crippen LogP contribution < -0.4 is 15.5 Å². The maximum absolute atomic E-state index is 12.2. The Labute approximate surface area is 141 Å². The molecular weight excluding hydrogens is 316 g/mol. The summed E-state index contributed by atoms with van der Waals surface area (Å²) in [6, 6.07) is 5.23. The van der Waals surface area contributed by atoms with Gasteiger partial charge in [0.05, 0.1) is 16.4 Å². The number of carbonyl (C=O) groups excluding carboxylic acids is 2. The third-order valence-electron chi connectivity index (χ3n) is 3.96. The van der Waals surface area contributed by atoms with E-state index in [1.807, 2.05) is 25.1 Å². The molecule has 0 radical (unpaired) electrons. The number of rotatable bonds is 3. The highest BCUT2D eigenvalue weighted by Crippen LogP contribution is 2.32. The zero-order valence-corrected chi connectivity index (χ0v) is 14.5. The van der Waals surface area contributed by atoms with Crippen molar-refractivity contribution >= 4 is 34.9 Å². The average Bonchev–Trinajstić information content (AvgIpc) is 2.47. The molecule has 1 aromatic rings. The third kappa shape index (κ3) is 4.51. The molecule has 126 valence electrons. The molecule has 23 heavy (non-hydrogen) atoms. The molecule has 0 atom stereocenters. The highest BCUT2D eigenvalue weighted by atomic mass is 35.5. The van der Waals surface area contributed by atoms with Crippen molar-refractivity contribution in [3.8, 4) is 0 Å². The monoisotopic (exact) mass is 338 g/mol. The molecule has 1 aliphatic heterocycles. The van der Waals surface area contributed by atoms with Gasteiger partial charge in [-0.05, 0) is 25.0 Å². The van der Waals surface area contributed by atoms with Crippen LogP contribution in [0.1, 0.15) is 19.8 Å². The maximum Gasteiger partial charge on any atom is 0.319 e. The summed E-state index contributed by atoms with van der Waals surface area (Å²) in [5, 5.41) is 6.41. The Kier molecular flexibility index (Phi) is 5.71. The second kappa shape index (κ2) is 7.55. The largest absolute Gasteiger partial charge is 0.375 e. The molecule has 3 amide bonds. The number of nitrogens with zero attached hydrogens (tertiary/aromatic N) is 2. The van der Waals surface area contributed by atoms with Crippen LogP contribution in [0.15, 0.2) is 18.2 Å². The van der Waals surface area contributed by atoms with Crippen molar-refractivity contribution in [3.63, 3.8) is 0 Å². The highest BCUT2D eigenvalue weighted by molar-refractivity contribution is 6.34. The molecule has 0 saturated carbocycles. The van der Waals surface area contributed by atoms with E-state index in [1.165, 1.54) is 0 Å². The second-order valence-corrected chi connectivity index (χ2v) is 6.32. The SMILES string of the molecule is CC(=O)N1CCC(NC(=O)Nc2cccc(Cl)c2N(C)C)CC1. The summed E-state index contributed by atoms with van der Waals surface area (Å²) >= 11 is 6.19. The molecule has 1 heterocycles. The van der Waals surface area contributed by atoms with Gasteiger partial charge in [0.15, 0.2) is 0 Å². The van der Waals surface area contributed by atoms with Gasteiger partial charge in [-0.3, -0.25) is 4.79 Å². The minimum Gasteiger partial charge on any atom is -0.375 e. The van der Waals surface area contributed by atoms with Crippen LogP contribution in [0.3, 0.4) is 0 Å². The number of para-hydroxylation sites is 1. The first kappa shape index (κ1) is 17.4. The van der Waals surface area contributed by atoms with E-state index in [9.17, 15) is 9.59 Å². The molecule has 1 saturated heterocycles. The first-order valence-corrected chi connectivity index (χ1v) is 8.05. The fourth-order valence-electron chi connectivity index (χ4n) is 2.75. The third-order valence-corrected chi connectivity index (χ3v) is 4.26. The number of likely N-dealkylation sites (tertiary alicyclic amines) is 1. The number of urea groups is 1. The smallest absolute Gasteiger partial charge is 0.319 e. The Bertz CT molecular complexity index is 583. The van der Waals surface area contributed by atoms with Gasteiger partial charge in [-0.25, -0.2) is 4.79 Å². The number of hydrogen-bond acceptors (Lipinski definition) is 3. The lowest BCUT2D eigenvalue weighted by Gasteiger charge is -2.31. The van der Waals surface area contributed by atoms with Gasteiger partial charge in [0, 0.05) is 40.2 Å². The zero-order chi connectivity index (χ0) is 17.0. The minimum atomic E-state index is -0.253. The molecule has 0 aromatic heterocycles. The van der Waals surface area contributed by atoms with Crippen LogP contribution in [0, 0.1) is 0 Å². The molecule has 0 spiro atoms.